The molecule has 1 aliphatic carbocycles. The molecule has 1 heteroatoms. The van der Waals surface area contributed by atoms with Crippen molar-refractivity contribution in [3.63, 3.8) is 0 Å². The molecule has 0 saturated heterocycles. The number of benzene rings is 1. The van der Waals surface area contributed by atoms with Crippen molar-refractivity contribution in [1.82, 2.24) is 0 Å². The number of halogens is 1. The molecule has 0 aliphatic heterocycles. The van der Waals surface area contributed by atoms with Crippen molar-refractivity contribution in [2.45, 2.75) is 59.3 Å². The Kier molecular flexibility index (Phi) is 12.3. The molecule has 1 aromatic carbocycles. The smallest absolute Gasteiger partial charge is 0.0408 e. The predicted molar refractivity (Wildman–Crippen MR) is 93.6 cm³/mol. The van der Waals surface area contributed by atoms with Gasteiger partial charge in [-0.2, -0.15) is 0 Å². The number of hydrogen-bond donors (Lipinski definition) is 0. The average molecular weight is 293 g/mol. The van der Waals surface area contributed by atoms with Gasteiger partial charge in [-0.1, -0.05) is 82.2 Å². The van der Waals surface area contributed by atoms with Crippen LogP contribution in [0.2, 0.25) is 5.02 Å². The maximum Gasteiger partial charge on any atom is 0.0408 e. The topological polar surface area (TPSA) is 0 Å². The van der Waals surface area contributed by atoms with Crippen LogP contribution in [0, 0.1) is 0 Å². The molecular formula is C19H29Cl. The van der Waals surface area contributed by atoms with Gasteiger partial charge in [0.25, 0.3) is 0 Å². The Bertz CT molecular complexity index is 379. The first-order valence-electron chi connectivity index (χ1n) is 7.81. The van der Waals surface area contributed by atoms with Gasteiger partial charge in [-0.25, -0.2) is 0 Å². The molecule has 0 heterocycles. The lowest BCUT2D eigenvalue weighted by molar-refractivity contribution is 0.665. The van der Waals surface area contributed by atoms with E-state index < -0.39 is 0 Å². The van der Waals surface area contributed by atoms with Crippen molar-refractivity contribution in [2.75, 3.05) is 0 Å². The fourth-order valence-electron chi connectivity index (χ4n) is 1.95. The summed E-state index contributed by atoms with van der Waals surface area (Å²) in [6.07, 6.45) is 13.5. The maximum absolute atomic E-state index is 5.89. The monoisotopic (exact) mass is 292 g/mol. The molecule has 0 nitrogen and oxygen atoms in total. The average Bonchev–Trinajstić information content (AvgIpc) is 2.52. The fourth-order valence-corrected chi connectivity index (χ4v) is 2.15. The number of hydrogen-bond acceptors (Lipinski definition) is 0. The lowest BCUT2D eigenvalue weighted by Crippen LogP contribution is -1.91. The van der Waals surface area contributed by atoms with E-state index in [1.54, 1.807) is 0 Å². The van der Waals surface area contributed by atoms with Crippen LogP contribution in [0.5, 0.6) is 0 Å². The van der Waals surface area contributed by atoms with Gasteiger partial charge in [-0.05, 0) is 42.9 Å². The first-order valence-corrected chi connectivity index (χ1v) is 8.19. The summed E-state index contributed by atoms with van der Waals surface area (Å²) in [6, 6.07) is 8.14. The van der Waals surface area contributed by atoms with Gasteiger partial charge in [0.05, 0.1) is 0 Å². The van der Waals surface area contributed by atoms with E-state index in [1.807, 2.05) is 26.0 Å². The Labute approximate surface area is 130 Å². The van der Waals surface area contributed by atoms with E-state index in [1.165, 1.54) is 31.2 Å². The highest BCUT2D eigenvalue weighted by molar-refractivity contribution is 6.30. The molecule has 1 atom stereocenters. The van der Waals surface area contributed by atoms with Gasteiger partial charge in [0.2, 0.25) is 0 Å². The summed E-state index contributed by atoms with van der Waals surface area (Å²) >= 11 is 5.89. The minimum absolute atomic E-state index is 0.633. The summed E-state index contributed by atoms with van der Waals surface area (Å²) < 4.78 is 0. The Morgan fingerprint density at radius 3 is 2.10 bits per heavy atom. The Morgan fingerprint density at radius 2 is 1.70 bits per heavy atom. The zero-order chi connectivity index (χ0) is 15.2. The van der Waals surface area contributed by atoms with Crippen molar-refractivity contribution in [3.05, 3.63) is 59.2 Å². The van der Waals surface area contributed by atoms with Crippen molar-refractivity contribution < 1.29 is 0 Å². The summed E-state index contributed by atoms with van der Waals surface area (Å²) in [5.74, 6) is 0.633. The number of rotatable bonds is 3. The molecule has 112 valence electrons. The van der Waals surface area contributed by atoms with E-state index in [-0.39, 0.29) is 0 Å². The van der Waals surface area contributed by atoms with E-state index >= 15 is 0 Å². The molecule has 2 rings (SSSR count). The Hall–Kier alpha value is -1.01. The second-order valence-corrected chi connectivity index (χ2v) is 5.11. The van der Waals surface area contributed by atoms with Crippen LogP contribution in [0.4, 0.5) is 0 Å². The quantitative estimate of drug-likeness (QED) is 0.554. The van der Waals surface area contributed by atoms with Crippen LogP contribution >= 0.6 is 11.6 Å². The third-order valence-corrected chi connectivity index (χ3v) is 3.26. The first kappa shape index (κ1) is 19.0. The first-order chi connectivity index (χ1) is 9.74. The molecule has 0 spiro atoms. The minimum atomic E-state index is 0.633. The van der Waals surface area contributed by atoms with Crippen LogP contribution in [0.1, 0.15) is 64.9 Å². The van der Waals surface area contributed by atoms with Crippen LogP contribution in [0.15, 0.2) is 48.6 Å². The molecule has 0 bridgehead atoms. The van der Waals surface area contributed by atoms with E-state index in [0.717, 1.165) is 5.02 Å². The van der Waals surface area contributed by atoms with Gasteiger partial charge >= 0.3 is 0 Å². The second kappa shape index (κ2) is 13.0. The zero-order valence-electron chi connectivity index (χ0n) is 13.4. The normalized spacial score (nSPS) is 13.7. The van der Waals surface area contributed by atoms with E-state index in [2.05, 4.69) is 50.3 Å². The molecule has 0 fully saturated rings. The zero-order valence-corrected chi connectivity index (χ0v) is 14.2. The molecule has 0 radical (unpaired) electrons. The lowest BCUT2D eigenvalue weighted by Gasteiger charge is -2.09. The molecule has 20 heavy (non-hydrogen) atoms. The Balaban J connectivity index is 0.000000377. The van der Waals surface area contributed by atoms with Gasteiger partial charge in [0, 0.05) is 5.02 Å². The molecule has 0 N–H and O–H groups in total. The molecule has 0 saturated carbocycles. The van der Waals surface area contributed by atoms with Crippen molar-refractivity contribution >= 4 is 11.6 Å². The van der Waals surface area contributed by atoms with E-state index in [0.29, 0.717) is 5.92 Å². The summed E-state index contributed by atoms with van der Waals surface area (Å²) in [5.41, 5.74) is 1.35. The number of allylic oxidation sites excluding steroid dienone is 4. The van der Waals surface area contributed by atoms with Crippen LogP contribution < -0.4 is 0 Å². The summed E-state index contributed by atoms with van der Waals surface area (Å²) in [7, 11) is 0. The third-order valence-electron chi connectivity index (χ3n) is 3.02. The fraction of sp³-hybridized carbons (Fsp3) is 0.474. The van der Waals surface area contributed by atoms with Crippen LogP contribution in [0.25, 0.3) is 0 Å². The van der Waals surface area contributed by atoms with E-state index in [9.17, 15) is 0 Å². The van der Waals surface area contributed by atoms with Crippen LogP contribution in [-0.4, -0.2) is 0 Å². The highest BCUT2D eigenvalue weighted by Gasteiger charge is 2.03. The summed E-state index contributed by atoms with van der Waals surface area (Å²) in [5, 5.41) is 0.843. The Morgan fingerprint density at radius 1 is 1.10 bits per heavy atom. The van der Waals surface area contributed by atoms with Crippen molar-refractivity contribution in [2.24, 2.45) is 0 Å². The largest absolute Gasteiger partial charge is 0.0843 e. The molecule has 1 aromatic rings. The standard InChI is InChI=1S/C11H15Cl.C6H8.C2H6/c1-3-5-9(2)10-6-4-7-11(12)8-10;1-2-4-6-5-3-1;1-2/h4,6-9H,3,5H2,1-2H3;1-4H,5-6H2;1-2H3. The SMILES string of the molecule is C1=CCCC=C1.CC.CCCC(C)c1cccc(Cl)c1. The predicted octanol–water partition coefficient (Wildman–Crippen LogP) is 7.16. The third kappa shape index (κ3) is 8.98. The summed E-state index contributed by atoms with van der Waals surface area (Å²) in [4.78, 5) is 0. The lowest BCUT2D eigenvalue weighted by atomic mass is 9.97. The van der Waals surface area contributed by atoms with Gasteiger partial charge in [0.15, 0.2) is 0 Å². The molecule has 1 aliphatic rings. The van der Waals surface area contributed by atoms with Gasteiger partial charge < -0.3 is 0 Å². The van der Waals surface area contributed by atoms with Gasteiger partial charge in [0.1, 0.15) is 0 Å². The van der Waals surface area contributed by atoms with Gasteiger partial charge in [-0.3, -0.25) is 0 Å². The molecule has 0 amide bonds. The summed E-state index contributed by atoms with van der Waals surface area (Å²) in [6.45, 7) is 8.45. The van der Waals surface area contributed by atoms with Crippen molar-refractivity contribution in [1.29, 1.82) is 0 Å². The molecule has 1 unspecified atom stereocenters. The minimum Gasteiger partial charge on any atom is -0.0843 e. The van der Waals surface area contributed by atoms with Crippen LogP contribution in [0.3, 0.4) is 0 Å². The van der Waals surface area contributed by atoms with Gasteiger partial charge in [-0.15, -0.1) is 0 Å². The van der Waals surface area contributed by atoms with E-state index in [4.69, 9.17) is 11.6 Å². The highest BCUT2D eigenvalue weighted by Crippen LogP contribution is 2.22. The van der Waals surface area contributed by atoms with Crippen LogP contribution in [-0.2, 0) is 0 Å². The van der Waals surface area contributed by atoms with Crippen molar-refractivity contribution in [3.8, 4) is 0 Å². The second-order valence-electron chi connectivity index (χ2n) is 4.68. The highest BCUT2D eigenvalue weighted by atomic mass is 35.5. The molecular weight excluding hydrogens is 264 g/mol. The maximum atomic E-state index is 5.89. The molecule has 0 aromatic heterocycles.